The molecule has 2 rings (SSSR count). The Morgan fingerprint density at radius 1 is 1.48 bits per heavy atom. The van der Waals surface area contributed by atoms with Crippen molar-refractivity contribution in [1.82, 2.24) is 9.36 Å². The van der Waals surface area contributed by atoms with Crippen molar-refractivity contribution in [3.63, 3.8) is 0 Å². The number of anilines is 2. The van der Waals surface area contributed by atoms with Crippen LogP contribution in [0.5, 0.6) is 0 Å². The monoisotopic (exact) mass is 326 g/mol. The van der Waals surface area contributed by atoms with E-state index in [0.717, 1.165) is 16.4 Å². The molecule has 1 aromatic carbocycles. The summed E-state index contributed by atoms with van der Waals surface area (Å²) in [4.78, 5) is 28.2. The van der Waals surface area contributed by atoms with E-state index in [2.05, 4.69) is 14.7 Å². The van der Waals surface area contributed by atoms with E-state index >= 15 is 0 Å². The lowest BCUT2D eigenvalue weighted by molar-refractivity contribution is -0.135. The van der Waals surface area contributed by atoms with Crippen molar-refractivity contribution in [1.29, 1.82) is 0 Å². The highest BCUT2D eigenvalue weighted by Gasteiger charge is 2.20. The van der Waals surface area contributed by atoms with Gasteiger partial charge in [-0.25, -0.2) is 9.78 Å². The van der Waals surface area contributed by atoms with Crippen LogP contribution < -0.4 is 10.2 Å². The summed E-state index contributed by atoms with van der Waals surface area (Å²) < 4.78 is 3.94. The molecule has 21 heavy (non-hydrogen) atoms. The molecule has 9 heteroatoms. The minimum atomic E-state index is -1.14. The van der Waals surface area contributed by atoms with Crippen molar-refractivity contribution in [2.24, 2.45) is 0 Å². The Morgan fingerprint density at radius 3 is 2.81 bits per heavy atom. The fourth-order valence-corrected chi connectivity index (χ4v) is 2.32. The van der Waals surface area contributed by atoms with Crippen molar-refractivity contribution in [3.8, 4) is 0 Å². The standard InChI is InChI=1S/C12H11ClN4O3S/c1-7-14-11(21-16-7)15-12(20)17(6-10(18)19)9-4-2-3-8(13)5-9/h2-5H,6H2,1H3,(H,18,19)(H,14,15,16,20). The van der Waals surface area contributed by atoms with Crippen LogP contribution in [0.4, 0.5) is 15.6 Å². The summed E-state index contributed by atoms with van der Waals surface area (Å²) in [5.41, 5.74) is 0.378. The van der Waals surface area contributed by atoms with Gasteiger partial charge in [0, 0.05) is 22.2 Å². The Labute approximate surface area is 129 Å². The van der Waals surface area contributed by atoms with E-state index < -0.39 is 18.5 Å². The maximum atomic E-state index is 12.2. The molecule has 0 aliphatic carbocycles. The smallest absolute Gasteiger partial charge is 0.328 e. The summed E-state index contributed by atoms with van der Waals surface area (Å²) in [6.07, 6.45) is 0. The molecule has 0 fully saturated rings. The van der Waals surface area contributed by atoms with E-state index in [1.807, 2.05) is 0 Å². The molecule has 1 aromatic heterocycles. The number of carboxylic acids is 1. The lowest BCUT2D eigenvalue weighted by atomic mass is 10.3. The quantitative estimate of drug-likeness (QED) is 0.900. The number of carbonyl (C=O) groups excluding carboxylic acids is 1. The first-order valence-corrected chi connectivity index (χ1v) is 6.97. The number of rotatable bonds is 4. The Morgan fingerprint density at radius 2 is 2.24 bits per heavy atom. The Hall–Kier alpha value is -2.19. The lowest BCUT2D eigenvalue weighted by Gasteiger charge is -2.20. The van der Waals surface area contributed by atoms with E-state index in [1.54, 1.807) is 25.1 Å². The van der Waals surface area contributed by atoms with E-state index in [1.165, 1.54) is 6.07 Å². The van der Waals surface area contributed by atoms with Gasteiger partial charge in [-0.2, -0.15) is 4.37 Å². The second kappa shape index (κ2) is 6.51. The molecule has 2 aromatic rings. The maximum Gasteiger partial charge on any atom is 0.328 e. The van der Waals surface area contributed by atoms with Crippen LogP contribution in [0.15, 0.2) is 24.3 Å². The summed E-state index contributed by atoms with van der Waals surface area (Å²) in [6.45, 7) is 1.20. The largest absolute Gasteiger partial charge is 0.480 e. The van der Waals surface area contributed by atoms with Gasteiger partial charge in [0.25, 0.3) is 0 Å². The van der Waals surface area contributed by atoms with Gasteiger partial charge >= 0.3 is 12.0 Å². The van der Waals surface area contributed by atoms with Crippen molar-refractivity contribution in [3.05, 3.63) is 35.1 Å². The molecule has 7 nitrogen and oxygen atoms in total. The molecular weight excluding hydrogens is 316 g/mol. The van der Waals surface area contributed by atoms with Crippen LogP contribution in [0.25, 0.3) is 0 Å². The van der Waals surface area contributed by atoms with Crippen LogP contribution in [-0.4, -0.2) is 33.0 Å². The Balaban J connectivity index is 2.23. The van der Waals surface area contributed by atoms with Crippen molar-refractivity contribution in [2.75, 3.05) is 16.8 Å². The maximum absolute atomic E-state index is 12.2. The first kappa shape index (κ1) is 15.2. The molecule has 1 heterocycles. The average molecular weight is 327 g/mol. The van der Waals surface area contributed by atoms with Crippen molar-refractivity contribution >= 4 is 46.0 Å². The van der Waals surface area contributed by atoms with Crippen molar-refractivity contribution < 1.29 is 14.7 Å². The molecule has 0 bridgehead atoms. The van der Waals surface area contributed by atoms with E-state index in [9.17, 15) is 9.59 Å². The van der Waals surface area contributed by atoms with Gasteiger partial charge in [0.1, 0.15) is 12.4 Å². The second-order valence-corrected chi connectivity index (χ2v) is 5.22. The number of carbonyl (C=O) groups is 2. The number of urea groups is 1. The van der Waals surface area contributed by atoms with Gasteiger partial charge in [-0.3, -0.25) is 15.0 Å². The minimum absolute atomic E-state index is 0.301. The van der Waals surface area contributed by atoms with Gasteiger partial charge in [-0.1, -0.05) is 17.7 Å². The van der Waals surface area contributed by atoms with E-state index in [4.69, 9.17) is 16.7 Å². The fourth-order valence-electron chi connectivity index (χ4n) is 1.57. The summed E-state index contributed by atoms with van der Waals surface area (Å²) in [5.74, 6) is -0.610. The number of halogens is 1. The molecule has 0 unspecified atom stereocenters. The van der Waals surface area contributed by atoms with Gasteiger partial charge in [0.15, 0.2) is 0 Å². The highest BCUT2D eigenvalue weighted by atomic mass is 35.5. The highest BCUT2D eigenvalue weighted by Crippen LogP contribution is 2.21. The molecule has 0 spiro atoms. The number of carboxylic acid groups (broad SMARTS) is 1. The number of aromatic nitrogens is 2. The van der Waals surface area contributed by atoms with E-state index in [0.29, 0.717) is 21.7 Å². The molecule has 0 saturated heterocycles. The van der Waals surface area contributed by atoms with Crippen LogP contribution in [-0.2, 0) is 4.79 Å². The number of aryl methyl sites for hydroxylation is 1. The summed E-state index contributed by atoms with van der Waals surface area (Å²) in [7, 11) is 0. The molecule has 0 aliphatic heterocycles. The van der Waals surface area contributed by atoms with Gasteiger partial charge in [-0.15, -0.1) is 0 Å². The normalized spacial score (nSPS) is 10.2. The lowest BCUT2D eigenvalue weighted by Crippen LogP contribution is -2.38. The third-order valence-corrected chi connectivity index (χ3v) is 3.36. The molecule has 0 saturated carbocycles. The molecular formula is C12H11ClN4O3S. The summed E-state index contributed by atoms with van der Waals surface area (Å²) in [6, 6.07) is 5.76. The van der Waals surface area contributed by atoms with Crippen LogP contribution in [0, 0.1) is 6.92 Å². The van der Waals surface area contributed by atoms with Gasteiger partial charge < -0.3 is 5.11 Å². The number of nitrogens with zero attached hydrogens (tertiary/aromatic N) is 3. The zero-order chi connectivity index (χ0) is 15.4. The molecule has 0 aliphatic rings. The topological polar surface area (TPSA) is 95.4 Å². The van der Waals surface area contributed by atoms with Crippen LogP contribution in [0.2, 0.25) is 5.02 Å². The zero-order valence-electron chi connectivity index (χ0n) is 10.9. The summed E-state index contributed by atoms with van der Waals surface area (Å²) in [5, 5.41) is 12.2. The predicted octanol–water partition coefficient (Wildman–Crippen LogP) is 2.62. The molecule has 110 valence electrons. The first-order chi connectivity index (χ1) is 9.95. The van der Waals surface area contributed by atoms with Crippen LogP contribution in [0.1, 0.15) is 5.82 Å². The third kappa shape index (κ3) is 4.14. The Bertz CT molecular complexity index is 676. The van der Waals surface area contributed by atoms with Gasteiger partial charge in [0.2, 0.25) is 5.13 Å². The number of benzene rings is 1. The number of amides is 2. The van der Waals surface area contributed by atoms with Gasteiger partial charge in [-0.05, 0) is 25.1 Å². The zero-order valence-corrected chi connectivity index (χ0v) is 12.5. The number of hydrogen-bond acceptors (Lipinski definition) is 5. The molecule has 0 atom stereocenters. The van der Waals surface area contributed by atoms with Crippen LogP contribution in [0.3, 0.4) is 0 Å². The average Bonchev–Trinajstić information content (AvgIpc) is 2.81. The Kier molecular flexibility index (Phi) is 4.71. The summed E-state index contributed by atoms with van der Waals surface area (Å²) >= 11 is 6.89. The highest BCUT2D eigenvalue weighted by molar-refractivity contribution is 7.09. The number of aliphatic carboxylic acids is 1. The molecule has 0 radical (unpaired) electrons. The van der Waals surface area contributed by atoms with E-state index in [-0.39, 0.29) is 0 Å². The minimum Gasteiger partial charge on any atom is -0.480 e. The second-order valence-electron chi connectivity index (χ2n) is 4.04. The van der Waals surface area contributed by atoms with Crippen LogP contribution >= 0.6 is 23.1 Å². The SMILES string of the molecule is Cc1nsc(NC(=O)N(CC(=O)O)c2cccc(Cl)c2)n1. The molecule has 2 amide bonds. The first-order valence-electron chi connectivity index (χ1n) is 5.82. The number of nitrogens with one attached hydrogen (secondary N) is 1. The predicted molar refractivity (Wildman–Crippen MR) is 80.1 cm³/mol. The number of hydrogen-bond donors (Lipinski definition) is 2. The van der Waals surface area contributed by atoms with Crippen molar-refractivity contribution in [2.45, 2.75) is 6.92 Å². The molecule has 2 N–H and O–H groups in total. The third-order valence-electron chi connectivity index (χ3n) is 2.40. The van der Waals surface area contributed by atoms with Gasteiger partial charge in [0.05, 0.1) is 0 Å². The fraction of sp³-hybridized carbons (Fsp3) is 0.167.